The molecule has 0 bridgehead atoms. The molecular formula is C12H10Br2FN3. The maximum Gasteiger partial charge on any atom is 0.135 e. The average molecular weight is 375 g/mol. The Bertz CT molecular complexity index is 575. The molecule has 1 aromatic carbocycles. The second-order valence-corrected chi connectivity index (χ2v) is 5.26. The molecule has 0 aliphatic rings. The highest BCUT2D eigenvalue weighted by atomic mass is 79.9. The highest BCUT2D eigenvalue weighted by molar-refractivity contribution is 9.10. The molecule has 2 aromatic rings. The molecule has 1 N–H and O–H groups in total. The Balaban J connectivity index is 2.30. The second-order valence-electron chi connectivity index (χ2n) is 3.59. The molecule has 0 spiro atoms. The number of nitrogens with one attached hydrogen (secondary N) is 1. The number of nitrogens with zero attached hydrogens (tertiary/aromatic N) is 2. The van der Waals surface area contributed by atoms with E-state index >= 15 is 0 Å². The molecule has 0 unspecified atom stereocenters. The van der Waals surface area contributed by atoms with E-state index in [9.17, 15) is 4.39 Å². The molecule has 3 nitrogen and oxygen atoms in total. The number of aryl methyl sites for hydroxylation is 1. The second kappa shape index (κ2) is 5.75. The Hall–Kier alpha value is -1.01. The minimum Gasteiger partial charge on any atom is -0.339 e. The van der Waals surface area contributed by atoms with E-state index < -0.39 is 0 Å². The zero-order chi connectivity index (χ0) is 13.1. The summed E-state index contributed by atoms with van der Waals surface area (Å²) < 4.78 is 14.3. The van der Waals surface area contributed by atoms with E-state index in [4.69, 9.17) is 0 Å². The van der Waals surface area contributed by atoms with Gasteiger partial charge < -0.3 is 5.32 Å². The highest BCUT2D eigenvalue weighted by Crippen LogP contribution is 2.26. The van der Waals surface area contributed by atoms with Crippen LogP contribution in [-0.4, -0.2) is 9.97 Å². The Morgan fingerprint density at radius 1 is 1.22 bits per heavy atom. The van der Waals surface area contributed by atoms with Crippen molar-refractivity contribution in [2.75, 3.05) is 5.32 Å². The first-order chi connectivity index (χ1) is 8.58. The van der Waals surface area contributed by atoms with Crippen LogP contribution in [0.25, 0.3) is 0 Å². The van der Waals surface area contributed by atoms with E-state index in [1.165, 1.54) is 12.1 Å². The van der Waals surface area contributed by atoms with Crippen LogP contribution in [0.3, 0.4) is 0 Å². The number of rotatable bonds is 3. The van der Waals surface area contributed by atoms with Gasteiger partial charge in [-0.1, -0.05) is 6.92 Å². The fraction of sp³-hybridized carbons (Fsp3) is 0.167. The van der Waals surface area contributed by atoms with Crippen LogP contribution < -0.4 is 5.32 Å². The molecule has 0 amide bonds. The van der Waals surface area contributed by atoms with E-state index in [1.54, 1.807) is 12.1 Å². The molecule has 0 aliphatic heterocycles. The lowest BCUT2D eigenvalue weighted by molar-refractivity contribution is 0.627. The molecule has 2 rings (SSSR count). The smallest absolute Gasteiger partial charge is 0.135 e. The van der Waals surface area contributed by atoms with Gasteiger partial charge in [0.25, 0.3) is 0 Å². The Morgan fingerprint density at radius 2 is 2.00 bits per heavy atom. The summed E-state index contributed by atoms with van der Waals surface area (Å²) >= 11 is 6.64. The van der Waals surface area contributed by atoms with Gasteiger partial charge in [0.1, 0.15) is 22.1 Å². The minimum absolute atomic E-state index is 0.287. The van der Waals surface area contributed by atoms with Gasteiger partial charge in [-0.05, 0) is 50.1 Å². The first-order valence-corrected chi connectivity index (χ1v) is 6.92. The fourth-order valence-corrected chi connectivity index (χ4v) is 2.29. The highest BCUT2D eigenvalue weighted by Gasteiger charge is 2.05. The quantitative estimate of drug-likeness (QED) is 0.806. The number of benzene rings is 1. The van der Waals surface area contributed by atoms with Crippen molar-refractivity contribution in [2.45, 2.75) is 13.3 Å². The third-order valence-electron chi connectivity index (χ3n) is 2.25. The monoisotopic (exact) mass is 373 g/mol. The molecule has 18 heavy (non-hydrogen) atoms. The number of aromatic nitrogens is 2. The van der Waals surface area contributed by atoms with Crippen LogP contribution in [0.15, 0.2) is 33.3 Å². The normalized spacial score (nSPS) is 10.4. The average Bonchev–Trinajstić information content (AvgIpc) is 2.32. The summed E-state index contributed by atoms with van der Waals surface area (Å²) in [6, 6.07) is 6.22. The predicted octanol–water partition coefficient (Wildman–Crippen LogP) is 4.45. The summed E-state index contributed by atoms with van der Waals surface area (Å²) in [6.45, 7) is 1.99. The summed E-state index contributed by atoms with van der Waals surface area (Å²) in [6.07, 6.45) is 0.749. The third kappa shape index (κ3) is 3.26. The lowest BCUT2D eigenvalue weighted by atomic mass is 10.3. The molecule has 6 heteroatoms. The van der Waals surface area contributed by atoms with Crippen LogP contribution in [0.2, 0.25) is 0 Å². The molecular weight excluding hydrogens is 365 g/mol. The lowest BCUT2D eigenvalue weighted by Crippen LogP contribution is -2.00. The standard InChI is InChI=1S/C12H10Br2FN3/c1-2-11-17-10(14)6-12(18-11)16-9-4-3-7(15)5-8(9)13/h3-6H,2H2,1H3,(H,16,17,18). The first kappa shape index (κ1) is 13.4. The number of anilines is 2. The van der Waals surface area contributed by atoms with Crippen molar-refractivity contribution in [2.24, 2.45) is 0 Å². The zero-order valence-electron chi connectivity index (χ0n) is 9.54. The van der Waals surface area contributed by atoms with Crippen molar-refractivity contribution in [3.05, 3.63) is 45.0 Å². The molecule has 94 valence electrons. The van der Waals surface area contributed by atoms with Crippen molar-refractivity contribution in [3.8, 4) is 0 Å². The maximum absolute atomic E-state index is 13.0. The molecule has 0 saturated carbocycles. The van der Waals surface area contributed by atoms with Crippen LogP contribution in [0.4, 0.5) is 15.9 Å². The van der Waals surface area contributed by atoms with E-state index in [-0.39, 0.29) is 5.82 Å². The number of hydrogen-bond donors (Lipinski definition) is 1. The lowest BCUT2D eigenvalue weighted by Gasteiger charge is -2.09. The van der Waals surface area contributed by atoms with Crippen molar-refractivity contribution in [3.63, 3.8) is 0 Å². The Labute approximate surface area is 121 Å². The predicted molar refractivity (Wildman–Crippen MR) is 76.5 cm³/mol. The van der Waals surface area contributed by atoms with Gasteiger partial charge in [-0.2, -0.15) is 0 Å². The Morgan fingerprint density at radius 3 is 2.67 bits per heavy atom. The first-order valence-electron chi connectivity index (χ1n) is 5.34. The topological polar surface area (TPSA) is 37.8 Å². The van der Waals surface area contributed by atoms with Gasteiger partial charge in [-0.15, -0.1) is 0 Å². The zero-order valence-corrected chi connectivity index (χ0v) is 12.7. The molecule has 0 fully saturated rings. The van der Waals surface area contributed by atoms with Crippen LogP contribution in [0, 0.1) is 5.82 Å². The molecule has 0 atom stereocenters. The van der Waals surface area contributed by atoms with E-state index in [0.29, 0.717) is 10.3 Å². The van der Waals surface area contributed by atoms with Crippen molar-refractivity contribution in [1.82, 2.24) is 9.97 Å². The van der Waals surface area contributed by atoms with Gasteiger partial charge in [0.15, 0.2) is 0 Å². The molecule has 0 aliphatic carbocycles. The Kier molecular flexibility index (Phi) is 4.29. The molecule has 1 aromatic heterocycles. The SMILES string of the molecule is CCc1nc(Br)cc(Nc2ccc(F)cc2Br)n1. The van der Waals surface area contributed by atoms with Gasteiger partial charge in [0.2, 0.25) is 0 Å². The van der Waals surface area contributed by atoms with Crippen LogP contribution in [0.5, 0.6) is 0 Å². The number of hydrogen-bond acceptors (Lipinski definition) is 3. The van der Waals surface area contributed by atoms with Gasteiger partial charge >= 0.3 is 0 Å². The fourth-order valence-electron chi connectivity index (χ4n) is 1.42. The summed E-state index contributed by atoms with van der Waals surface area (Å²) in [5, 5.41) is 3.12. The third-order valence-corrected chi connectivity index (χ3v) is 3.31. The van der Waals surface area contributed by atoms with Crippen molar-refractivity contribution >= 4 is 43.4 Å². The van der Waals surface area contributed by atoms with E-state index in [2.05, 4.69) is 47.1 Å². The van der Waals surface area contributed by atoms with Gasteiger partial charge in [0.05, 0.1) is 5.69 Å². The van der Waals surface area contributed by atoms with Gasteiger partial charge in [-0.3, -0.25) is 0 Å². The molecule has 1 heterocycles. The maximum atomic E-state index is 13.0. The molecule has 0 radical (unpaired) electrons. The van der Waals surface area contributed by atoms with Gasteiger partial charge in [0, 0.05) is 17.0 Å². The van der Waals surface area contributed by atoms with Crippen molar-refractivity contribution < 1.29 is 4.39 Å². The summed E-state index contributed by atoms with van der Waals surface area (Å²) in [5.74, 6) is 1.12. The van der Waals surface area contributed by atoms with Gasteiger partial charge in [-0.25, -0.2) is 14.4 Å². The van der Waals surface area contributed by atoms with Crippen LogP contribution in [-0.2, 0) is 6.42 Å². The van der Waals surface area contributed by atoms with E-state index in [0.717, 1.165) is 22.5 Å². The van der Waals surface area contributed by atoms with Crippen LogP contribution >= 0.6 is 31.9 Å². The largest absolute Gasteiger partial charge is 0.339 e. The number of halogens is 3. The summed E-state index contributed by atoms with van der Waals surface area (Å²) in [5.41, 5.74) is 0.754. The summed E-state index contributed by atoms with van der Waals surface area (Å²) in [4.78, 5) is 8.57. The van der Waals surface area contributed by atoms with Crippen LogP contribution in [0.1, 0.15) is 12.7 Å². The summed E-state index contributed by atoms with van der Waals surface area (Å²) in [7, 11) is 0. The van der Waals surface area contributed by atoms with Crippen molar-refractivity contribution in [1.29, 1.82) is 0 Å². The molecule has 0 saturated heterocycles. The van der Waals surface area contributed by atoms with E-state index in [1.807, 2.05) is 6.92 Å². The minimum atomic E-state index is -0.287.